The lowest BCUT2D eigenvalue weighted by Gasteiger charge is -2.08. The highest BCUT2D eigenvalue weighted by atomic mass is 32.2. The van der Waals surface area contributed by atoms with Crippen LogP contribution < -0.4 is 14.8 Å². The highest BCUT2D eigenvalue weighted by Crippen LogP contribution is 2.18. The van der Waals surface area contributed by atoms with Gasteiger partial charge in [-0.3, -0.25) is 9.52 Å². The monoisotopic (exact) mass is 471 g/mol. The Morgan fingerprint density at radius 2 is 1.91 bits per heavy atom. The third-order valence-corrected chi connectivity index (χ3v) is 6.55. The molecule has 0 fully saturated rings. The van der Waals surface area contributed by atoms with Crippen molar-refractivity contribution in [3.63, 3.8) is 0 Å². The van der Waals surface area contributed by atoms with Gasteiger partial charge in [-0.05, 0) is 61.4 Å². The number of anilines is 2. The summed E-state index contributed by atoms with van der Waals surface area (Å²) in [4.78, 5) is 16.6. The number of ether oxygens (including phenoxy) is 1. The van der Waals surface area contributed by atoms with Gasteiger partial charge in [-0.25, -0.2) is 13.4 Å². The number of nitrogens with zero attached hydrogens (tertiary/aromatic N) is 1. The minimum Gasteiger partial charge on any atom is -0.487 e. The molecule has 0 saturated heterocycles. The van der Waals surface area contributed by atoms with Crippen LogP contribution in [-0.4, -0.2) is 25.1 Å². The Balaban J connectivity index is 1.53. The fourth-order valence-electron chi connectivity index (χ4n) is 2.82. The molecular formula is C23H25N3O4S2. The van der Waals surface area contributed by atoms with Crippen molar-refractivity contribution in [3.05, 3.63) is 76.3 Å². The fourth-order valence-corrected chi connectivity index (χ4v) is 4.55. The van der Waals surface area contributed by atoms with Crippen LogP contribution in [-0.2, 0) is 21.4 Å². The van der Waals surface area contributed by atoms with Crippen molar-refractivity contribution in [1.29, 1.82) is 0 Å². The fraction of sp³-hybridized carbons (Fsp3) is 0.217. The number of nitrogens with one attached hydrogen (secondary N) is 2. The smallest absolute Gasteiger partial charge is 0.248 e. The Hall–Kier alpha value is -3.17. The highest BCUT2D eigenvalue weighted by Gasteiger charge is 2.08. The van der Waals surface area contributed by atoms with Crippen molar-refractivity contribution in [1.82, 2.24) is 4.98 Å². The van der Waals surface area contributed by atoms with Gasteiger partial charge in [0, 0.05) is 22.8 Å². The van der Waals surface area contributed by atoms with Crippen molar-refractivity contribution in [2.24, 2.45) is 0 Å². The largest absolute Gasteiger partial charge is 0.487 e. The summed E-state index contributed by atoms with van der Waals surface area (Å²) >= 11 is 1.58. The Bertz CT molecular complexity index is 1190. The van der Waals surface area contributed by atoms with Gasteiger partial charge in [0.25, 0.3) is 0 Å². The standard InChI is InChI=1S/C23H25N3O4S2/c1-3-13-32(28,29)26-20-10-8-19(9-11-20)25-23(27)12-7-18-5-4-6-22(14-18)30-15-21-16-31-17(2)24-21/h4-12,14,16,26H,3,13,15H2,1-2H3,(H,25,27)/b12-7+. The molecule has 0 aliphatic carbocycles. The molecule has 32 heavy (non-hydrogen) atoms. The molecule has 168 valence electrons. The quantitative estimate of drug-likeness (QED) is 0.413. The molecule has 0 radical (unpaired) electrons. The van der Waals surface area contributed by atoms with Crippen LogP contribution in [0.1, 0.15) is 29.6 Å². The molecule has 0 saturated carbocycles. The van der Waals surface area contributed by atoms with E-state index in [2.05, 4.69) is 15.0 Å². The van der Waals surface area contributed by atoms with Gasteiger partial charge >= 0.3 is 0 Å². The van der Waals surface area contributed by atoms with Crippen molar-refractivity contribution >= 4 is 44.7 Å². The van der Waals surface area contributed by atoms with Crippen molar-refractivity contribution < 1.29 is 17.9 Å². The van der Waals surface area contributed by atoms with Gasteiger partial charge in [0.1, 0.15) is 12.4 Å². The summed E-state index contributed by atoms with van der Waals surface area (Å²) in [6.07, 6.45) is 3.67. The maximum atomic E-state index is 12.2. The summed E-state index contributed by atoms with van der Waals surface area (Å²) < 4.78 is 31.9. The first-order valence-corrected chi connectivity index (χ1v) is 12.6. The molecule has 0 aliphatic heterocycles. The lowest BCUT2D eigenvalue weighted by atomic mass is 10.2. The van der Waals surface area contributed by atoms with Crippen molar-refractivity contribution in [2.45, 2.75) is 26.9 Å². The van der Waals surface area contributed by atoms with E-state index in [1.165, 1.54) is 6.08 Å². The van der Waals surface area contributed by atoms with E-state index in [-0.39, 0.29) is 11.7 Å². The van der Waals surface area contributed by atoms with Crippen LogP contribution in [0.2, 0.25) is 0 Å². The van der Waals surface area contributed by atoms with Gasteiger partial charge in [-0.15, -0.1) is 11.3 Å². The number of carbonyl (C=O) groups is 1. The molecule has 7 nitrogen and oxygen atoms in total. The number of sulfonamides is 1. The minimum atomic E-state index is -3.34. The van der Waals surface area contributed by atoms with Gasteiger partial charge in [-0.1, -0.05) is 19.1 Å². The van der Waals surface area contributed by atoms with Crippen molar-refractivity contribution in [3.8, 4) is 5.75 Å². The SMILES string of the molecule is CCCS(=O)(=O)Nc1ccc(NC(=O)/C=C/c2cccc(OCc3csc(C)n3)c2)cc1. The van der Waals surface area contributed by atoms with E-state index in [0.717, 1.165) is 16.3 Å². The first-order valence-electron chi connectivity index (χ1n) is 10.1. The third kappa shape index (κ3) is 7.51. The summed E-state index contributed by atoms with van der Waals surface area (Å²) in [6, 6.07) is 13.9. The number of aromatic nitrogens is 1. The molecule has 0 aliphatic rings. The topological polar surface area (TPSA) is 97.4 Å². The Labute approximate surface area is 192 Å². The molecular weight excluding hydrogens is 446 g/mol. The molecule has 0 atom stereocenters. The van der Waals surface area contributed by atoms with Gasteiger partial charge in [0.2, 0.25) is 15.9 Å². The molecule has 1 aromatic heterocycles. The van der Waals surface area contributed by atoms with E-state index in [9.17, 15) is 13.2 Å². The lowest BCUT2D eigenvalue weighted by Crippen LogP contribution is -2.16. The number of thiazole rings is 1. The van der Waals surface area contributed by atoms with E-state index in [1.54, 1.807) is 48.6 Å². The summed E-state index contributed by atoms with van der Waals surface area (Å²) in [5.41, 5.74) is 2.73. The normalized spacial score (nSPS) is 11.4. The molecule has 9 heteroatoms. The zero-order valence-electron chi connectivity index (χ0n) is 17.9. The molecule has 0 bridgehead atoms. The summed E-state index contributed by atoms with van der Waals surface area (Å²) in [5.74, 6) is 0.459. The molecule has 0 spiro atoms. The zero-order chi connectivity index (χ0) is 23.0. The predicted octanol–water partition coefficient (Wildman–Crippen LogP) is 4.83. The first-order chi connectivity index (χ1) is 15.3. The molecule has 2 aromatic carbocycles. The molecule has 3 rings (SSSR count). The molecule has 3 aromatic rings. The van der Waals surface area contributed by atoms with Crippen LogP contribution in [0.25, 0.3) is 6.08 Å². The molecule has 1 heterocycles. The first kappa shape index (κ1) is 23.5. The molecule has 1 amide bonds. The number of hydrogen-bond acceptors (Lipinski definition) is 6. The van der Waals surface area contributed by atoms with Gasteiger partial charge in [0.15, 0.2) is 0 Å². The number of hydrogen-bond donors (Lipinski definition) is 2. The second-order valence-corrected chi connectivity index (χ2v) is 9.94. The zero-order valence-corrected chi connectivity index (χ0v) is 19.5. The van der Waals surface area contributed by atoms with Crippen LogP contribution in [0.4, 0.5) is 11.4 Å². The summed E-state index contributed by atoms with van der Waals surface area (Å²) in [5, 5.41) is 5.72. The van der Waals surface area contributed by atoms with Crippen LogP contribution in [0.5, 0.6) is 5.75 Å². The third-order valence-electron chi connectivity index (χ3n) is 4.24. The van der Waals surface area contributed by atoms with E-state index >= 15 is 0 Å². The van der Waals surface area contributed by atoms with E-state index in [4.69, 9.17) is 4.74 Å². The van der Waals surface area contributed by atoms with Gasteiger partial charge in [0.05, 0.1) is 16.5 Å². The number of aryl methyl sites for hydroxylation is 1. The molecule has 2 N–H and O–H groups in total. The second-order valence-electron chi connectivity index (χ2n) is 7.04. The lowest BCUT2D eigenvalue weighted by molar-refractivity contribution is -0.111. The van der Waals surface area contributed by atoms with E-state index < -0.39 is 10.0 Å². The van der Waals surface area contributed by atoms with E-state index in [0.29, 0.717) is 30.2 Å². The Morgan fingerprint density at radius 3 is 2.59 bits per heavy atom. The Kier molecular flexibility index (Phi) is 8.02. The Morgan fingerprint density at radius 1 is 1.16 bits per heavy atom. The maximum absolute atomic E-state index is 12.2. The second kappa shape index (κ2) is 10.9. The summed E-state index contributed by atoms with van der Waals surface area (Å²) in [6.45, 7) is 4.15. The maximum Gasteiger partial charge on any atom is 0.248 e. The minimum absolute atomic E-state index is 0.0626. The van der Waals surface area contributed by atoms with Crippen LogP contribution in [0.15, 0.2) is 60.0 Å². The average molecular weight is 472 g/mol. The average Bonchev–Trinajstić information content (AvgIpc) is 3.17. The van der Waals surface area contributed by atoms with Crippen LogP contribution in [0, 0.1) is 6.92 Å². The molecule has 0 unspecified atom stereocenters. The van der Waals surface area contributed by atoms with Gasteiger partial charge in [-0.2, -0.15) is 0 Å². The highest BCUT2D eigenvalue weighted by molar-refractivity contribution is 7.92. The van der Waals surface area contributed by atoms with Crippen molar-refractivity contribution in [2.75, 3.05) is 15.8 Å². The van der Waals surface area contributed by atoms with Crippen LogP contribution >= 0.6 is 11.3 Å². The number of amides is 1. The van der Waals surface area contributed by atoms with Crippen LogP contribution in [0.3, 0.4) is 0 Å². The number of benzene rings is 2. The summed E-state index contributed by atoms with van der Waals surface area (Å²) in [7, 11) is -3.34. The van der Waals surface area contributed by atoms with E-state index in [1.807, 2.05) is 36.6 Å². The van der Waals surface area contributed by atoms with Gasteiger partial charge < -0.3 is 10.1 Å². The number of rotatable bonds is 10. The predicted molar refractivity (Wildman–Crippen MR) is 129 cm³/mol. The number of carbonyl (C=O) groups excluding carboxylic acids is 1.